The Hall–Kier alpha value is -2.89. The lowest BCUT2D eigenvalue weighted by molar-refractivity contribution is -0.135. The predicted molar refractivity (Wildman–Crippen MR) is 115 cm³/mol. The largest absolute Gasteiger partial charge is 0.494 e. The first-order valence-corrected chi connectivity index (χ1v) is 10.7. The normalized spacial score (nSPS) is 13.9. The monoisotopic (exact) mass is 427 g/mol. The fraction of sp³-hybridized carbons (Fsp3) is 0.409. The van der Waals surface area contributed by atoms with Crippen molar-refractivity contribution in [2.45, 2.75) is 39.2 Å². The number of anilines is 1. The van der Waals surface area contributed by atoms with Gasteiger partial charge in [0, 0.05) is 17.8 Å². The van der Waals surface area contributed by atoms with Crippen molar-refractivity contribution in [2.75, 3.05) is 25.1 Å². The van der Waals surface area contributed by atoms with Gasteiger partial charge in [-0.1, -0.05) is 25.1 Å². The van der Waals surface area contributed by atoms with Crippen LogP contribution in [0, 0.1) is 11.3 Å². The van der Waals surface area contributed by atoms with E-state index in [1.165, 1.54) is 11.3 Å². The summed E-state index contributed by atoms with van der Waals surface area (Å²) in [6.07, 6.45) is 0.793. The van der Waals surface area contributed by atoms with Crippen molar-refractivity contribution in [3.05, 3.63) is 45.8 Å². The molecule has 1 aliphatic rings. The Kier molecular flexibility index (Phi) is 7.08. The van der Waals surface area contributed by atoms with Crippen LogP contribution in [0.3, 0.4) is 0 Å². The zero-order valence-corrected chi connectivity index (χ0v) is 17.9. The van der Waals surface area contributed by atoms with Crippen molar-refractivity contribution < 1.29 is 19.4 Å². The molecule has 1 atom stereocenters. The van der Waals surface area contributed by atoms with Crippen molar-refractivity contribution >= 4 is 28.2 Å². The summed E-state index contributed by atoms with van der Waals surface area (Å²) in [5.41, 5.74) is 2.33. The summed E-state index contributed by atoms with van der Waals surface area (Å²) in [7, 11) is 0. The Bertz CT molecular complexity index is 979. The molecule has 1 aromatic heterocycles. The van der Waals surface area contributed by atoms with E-state index in [2.05, 4.69) is 11.4 Å². The minimum atomic E-state index is -0.531. The number of thiophene rings is 1. The molecule has 0 unspecified atom stereocenters. The summed E-state index contributed by atoms with van der Waals surface area (Å²) in [5.74, 6) is 0.218. The van der Waals surface area contributed by atoms with Crippen LogP contribution in [0.1, 0.15) is 47.8 Å². The number of carbonyl (C=O) groups is 2. The van der Waals surface area contributed by atoms with Gasteiger partial charge in [0.15, 0.2) is 0 Å². The van der Waals surface area contributed by atoms with Gasteiger partial charge in [0.1, 0.15) is 23.4 Å². The van der Waals surface area contributed by atoms with E-state index in [4.69, 9.17) is 9.84 Å². The number of amides is 2. The van der Waals surface area contributed by atoms with Gasteiger partial charge in [-0.2, -0.15) is 5.26 Å². The number of aliphatic hydroxyl groups is 1. The molecule has 0 spiro atoms. The summed E-state index contributed by atoms with van der Waals surface area (Å²) in [6.45, 7) is 4.72. The number of aliphatic hydroxyl groups excluding tert-OH is 1. The molecule has 0 aliphatic carbocycles. The van der Waals surface area contributed by atoms with Gasteiger partial charge in [0.2, 0.25) is 11.8 Å². The van der Waals surface area contributed by atoms with Gasteiger partial charge in [0.25, 0.3) is 0 Å². The Morgan fingerprint density at radius 2 is 2.17 bits per heavy atom. The number of carbonyl (C=O) groups excluding carboxylic acids is 2. The third-order valence-electron chi connectivity index (χ3n) is 5.15. The van der Waals surface area contributed by atoms with Crippen molar-refractivity contribution in [2.24, 2.45) is 0 Å². The van der Waals surface area contributed by atoms with E-state index in [9.17, 15) is 14.9 Å². The summed E-state index contributed by atoms with van der Waals surface area (Å²) >= 11 is 1.33. The second kappa shape index (κ2) is 9.74. The van der Waals surface area contributed by atoms with E-state index in [1.54, 1.807) is 4.90 Å². The Morgan fingerprint density at radius 3 is 2.87 bits per heavy atom. The van der Waals surface area contributed by atoms with Gasteiger partial charge in [-0.25, -0.2) is 0 Å². The van der Waals surface area contributed by atoms with Crippen LogP contribution in [-0.4, -0.2) is 41.6 Å². The molecule has 7 nitrogen and oxygen atoms in total. The van der Waals surface area contributed by atoms with Gasteiger partial charge in [-0.05, 0) is 36.5 Å². The molecule has 2 amide bonds. The minimum absolute atomic E-state index is 0.0504. The van der Waals surface area contributed by atoms with Crippen LogP contribution in [0.5, 0.6) is 5.75 Å². The molecule has 1 aromatic carbocycles. The summed E-state index contributed by atoms with van der Waals surface area (Å²) < 4.78 is 5.67. The smallest absolute Gasteiger partial charge is 0.248 e. The fourth-order valence-corrected chi connectivity index (χ4v) is 4.89. The van der Waals surface area contributed by atoms with Crippen molar-refractivity contribution in [3.63, 3.8) is 0 Å². The number of nitrogens with one attached hydrogen (secondary N) is 1. The van der Waals surface area contributed by atoms with Crippen LogP contribution < -0.4 is 10.1 Å². The molecule has 2 aromatic rings. The zero-order valence-electron chi connectivity index (χ0n) is 17.1. The second-order valence-electron chi connectivity index (χ2n) is 7.17. The Labute approximate surface area is 179 Å². The Balaban J connectivity index is 1.73. The number of benzene rings is 1. The highest BCUT2D eigenvalue weighted by Crippen LogP contribution is 2.37. The van der Waals surface area contributed by atoms with Gasteiger partial charge in [-0.3, -0.25) is 9.59 Å². The van der Waals surface area contributed by atoms with Crippen molar-refractivity contribution in [3.8, 4) is 11.8 Å². The second-order valence-corrected chi connectivity index (χ2v) is 8.27. The van der Waals surface area contributed by atoms with E-state index in [-0.39, 0.29) is 24.2 Å². The lowest BCUT2D eigenvalue weighted by Crippen LogP contribution is -2.37. The highest BCUT2D eigenvalue weighted by molar-refractivity contribution is 7.16. The average molecular weight is 428 g/mol. The lowest BCUT2D eigenvalue weighted by Gasteiger charge is -2.26. The van der Waals surface area contributed by atoms with Gasteiger partial charge < -0.3 is 20.1 Å². The number of para-hydroxylation sites is 1. The van der Waals surface area contributed by atoms with Crippen LogP contribution in [0.15, 0.2) is 24.3 Å². The molecular weight excluding hydrogens is 402 g/mol. The maximum absolute atomic E-state index is 12.7. The SMILES string of the molecule is CCOc1ccccc1[C@@H](C)CC(=O)Nc1sc2c(c1C#N)CCN(C(=O)CO)C2. The molecule has 0 fully saturated rings. The molecule has 2 N–H and O–H groups in total. The molecule has 0 saturated carbocycles. The van der Waals surface area contributed by atoms with Crippen LogP contribution in [0.4, 0.5) is 5.00 Å². The van der Waals surface area contributed by atoms with E-state index >= 15 is 0 Å². The fourth-order valence-electron chi connectivity index (χ4n) is 3.66. The molecule has 0 saturated heterocycles. The van der Waals surface area contributed by atoms with Gasteiger partial charge in [0.05, 0.1) is 18.7 Å². The molecule has 158 valence electrons. The standard InChI is InChI=1S/C22H25N3O4S/c1-3-29-18-7-5-4-6-15(18)14(2)10-20(27)24-22-17(11-23)16-8-9-25(21(28)13-26)12-19(16)30-22/h4-7,14,26H,3,8-10,12-13H2,1-2H3,(H,24,27)/t14-/m0/s1. The van der Waals surface area contributed by atoms with E-state index in [1.807, 2.05) is 38.1 Å². The first-order valence-electron chi connectivity index (χ1n) is 9.93. The van der Waals surface area contributed by atoms with Gasteiger partial charge >= 0.3 is 0 Å². The minimum Gasteiger partial charge on any atom is -0.494 e. The van der Waals surface area contributed by atoms with Crippen LogP contribution in [-0.2, 0) is 22.6 Å². The number of rotatable bonds is 7. The van der Waals surface area contributed by atoms with Crippen LogP contribution in [0.25, 0.3) is 0 Å². The zero-order chi connectivity index (χ0) is 21.7. The molecule has 30 heavy (non-hydrogen) atoms. The summed E-state index contributed by atoms with van der Waals surface area (Å²) in [6, 6.07) is 9.88. The molecule has 8 heteroatoms. The number of fused-ring (bicyclic) bond motifs is 1. The lowest BCUT2D eigenvalue weighted by atomic mass is 9.96. The third kappa shape index (κ3) is 4.64. The summed E-state index contributed by atoms with van der Waals surface area (Å²) in [4.78, 5) is 26.9. The maximum Gasteiger partial charge on any atom is 0.248 e. The Morgan fingerprint density at radius 1 is 1.40 bits per heavy atom. The maximum atomic E-state index is 12.7. The average Bonchev–Trinajstić information content (AvgIpc) is 3.09. The van der Waals surface area contributed by atoms with Gasteiger partial charge in [-0.15, -0.1) is 11.3 Å². The van der Waals surface area contributed by atoms with E-state index < -0.39 is 6.61 Å². The molecule has 1 aliphatic heterocycles. The first kappa shape index (κ1) is 21.8. The van der Waals surface area contributed by atoms with E-state index in [0.29, 0.717) is 36.7 Å². The van der Waals surface area contributed by atoms with Crippen molar-refractivity contribution in [1.82, 2.24) is 4.90 Å². The van der Waals surface area contributed by atoms with Crippen molar-refractivity contribution in [1.29, 1.82) is 5.26 Å². The van der Waals surface area contributed by atoms with E-state index in [0.717, 1.165) is 21.8 Å². The number of nitrogens with zero attached hydrogens (tertiary/aromatic N) is 2. The highest BCUT2D eigenvalue weighted by atomic mass is 32.1. The molecule has 0 bridgehead atoms. The quantitative estimate of drug-likeness (QED) is 0.707. The topological polar surface area (TPSA) is 103 Å². The number of nitriles is 1. The number of hydrogen-bond donors (Lipinski definition) is 2. The number of ether oxygens (including phenoxy) is 1. The predicted octanol–water partition coefficient (Wildman–Crippen LogP) is 3.03. The summed E-state index contributed by atoms with van der Waals surface area (Å²) in [5, 5.41) is 22.1. The highest BCUT2D eigenvalue weighted by Gasteiger charge is 2.27. The molecule has 0 radical (unpaired) electrons. The van der Waals surface area contributed by atoms with Crippen LogP contribution in [0.2, 0.25) is 0 Å². The third-order valence-corrected chi connectivity index (χ3v) is 6.28. The molecule has 2 heterocycles. The van der Waals surface area contributed by atoms with Crippen LogP contribution >= 0.6 is 11.3 Å². The number of hydrogen-bond acceptors (Lipinski definition) is 6. The molecule has 3 rings (SSSR count). The first-order chi connectivity index (χ1) is 14.5. The molecular formula is C22H25N3O4S.